The summed E-state index contributed by atoms with van der Waals surface area (Å²) in [6.45, 7) is 3.77. The van der Waals surface area contributed by atoms with Crippen LogP contribution in [0.2, 0.25) is 5.02 Å². The van der Waals surface area contributed by atoms with Gasteiger partial charge in [-0.3, -0.25) is 9.59 Å². The van der Waals surface area contributed by atoms with Gasteiger partial charge in [0.2, 0.25) is 5.91 Å². The molecule has 0 saturated heterocycles. The van der Waals surface area contributed by atoms with Crippen LogP contribution >= 0.6 is 11.6 Å². The minimum Gasteiger partial charge on any atom is -0.496 e. The second-order valence-electron chi connectivity index (χ2n) is 4.67. The average Bonchev–Trinajstić information content (AvgIpc) is 2.52. The van der Waals surface area contributed by atoms with Crippen LogP contribution in [0.15, 0.2) is 18.2 Å². The minimum atomic E-state index is -0.163. The highest BCUT2D eigenvalue weighted by Gasteiger charge is 2.14. The van der Waals surface area contributed by atoms with Crippen LogP contribution in [0.4, 0.5) is 0 Å². The predicted molar refractivity (Wildman–Crippen MR) is 85.7 cm³/mol. The van der Waals surface area contributed by atoms with Crippen LogP contribution in [-0.2, 0) is 9.53 Å². The van der Waals surface area contributed by atoms with Crippen molar-refractivity contribution in [1.29, 1.82) is 0 Å². The smallest absolute Gasteiger partial charge is 0.220 e. The standard InChI is InChI=1S/C16H22ClNO4/c1-3-22-10-4-9-18-16(20)8-6-14(19)13-11-12(17)5-7-15(13)21-2/h5,7,11H,3-4,6,8-10H2,1-2H3,(H,18,20). The Hall–Kier alpha value is -1.59. The first-order valence-electron chi connectivity index (χ1n) is 7.29. The Balaban J connectivity index is 2.39. The monoisotopic (exact) mass is 327 g/mol. The van der Waals surface area contributed by atoms with E-state index >= 15 is 0 Å². The fraction of sp³-hybridized carbons (Fsp3) is 0.500. The van der Waals surface area contributed by atoms with Gasteiger partial charge in [-0.2, -0.15) is 0 Å². The zero-order valence-corrected chi connectivity index (χ0v) is 13.7. The lowest BCUT2D eigenvalue weighted by Gasteiger charge is -2.08. The van der Waals surface area contributed by atoms with E-state index in [1.165, 1.54) is 7.11 Å². The van der Waals surface area contributed by atoms with Gasteiger partial charge in [0.05, 0.1) is 12.7 Å². The van der Waals surface area contributed by atoms with Crippen LogP contribution in [-0.4, -0.2) is 38.6 Å². The van der Waals surface area contributed by atoms with Crippen LogP contribution in [0.25, 0.3) is 0 Å². The van der Waals surface area contributed by atoms with E-state index in [2.05, 4.69) is 5.32 Å². The molecule has 1 aromatic carbocycles. The number of rotatable bonds is 10. The molecule has 0 heterocycles. The Morgan fingerprint density at radius 1 is 1.27 bits per heavy atom. The van der Waals surface area contributed by atoms with Crippen molar-refractivity contribution in [3.63, 3.8) is 0 Å². The lowest BCUT2D eigenvalue weighted by Crippen LogP contribution is -2.25. The van der Waals surface area contributed by atoms with Crippen molar-refractivity contribution in [2.24, 2.45) is 0 Å². The van der Waals surface area contributed by atoms with Gasteiger partial charge in [0.1, 0.15) is 5.75 Å². The van der Waals surface area contributed by atoms with Crippen LogP contribution in [0.1, 0.15) is 36.5 Å². The molecule has 0 aliphatic rings. The zero-order chi connectivity index (χ0) is 16.4. The summed E-state index contributed by atoms with van der Waals surface area (Å²) in [7, 11) is 1.49. The van der Waals surface area contributed by atoms with Gasteiger partial charge >= 0.3 is 0 Å². The molecule has 0 aliphatic carbocycles. The third kappa shape index (κ3) is 6.45. The van der Waals surface area contributed by atoms with Crippen LogP contribution in [0.3, 0.4) is 0 Å². The van der Waals surface area contributed by atoms with Crippen molar-refractivity contribution < 1.29 is 19.1 Å². The van der Waals surface area contributed by atoms with Gasteiger partial charge in [0.15, 0.2) is 5.78 Å². The summed E-state index contributed by atoms with van der Waals surface area (Å²) in [6, 6.07) is 4.86. The van der Waals surface area contributed by atoms with E-state index in [-0.39, 0.29) is 24.5 Å². The number of ketones is 1. The molecule has 0 fully saturated rings. The molecule has 0 unspecified atom stereocenters. The summed E-state index contributed by atoms with van der Waals surface area (Å²) >= 11 is 5.89. The van der Waals surface area contributed by atoms with Gasteiger partial charge in [-0.1, -0.05) is 11.6 Å². The Kier molecular flexibility index (Phi) is 8.55. The fourth-order valence-corrected chi connectivity index (χ4v) is 2.07. The molecule has 5 nitrogen and oxygen atoms in total. The lowest BCUT2D eigenvalue weighted by atomic mass is 10.1. The first-order chi connectivity index (χ1) is 10.6. The average molecular weight is 328 g/mol. The number of amides is 1. The normalized spacial score (nSPS) is 10.3. The SMILES string of the molecule is CCOCCCNC(=O)CCC(=O)c1cc(Cl)ccc1OC. The van der Waals surface area contributed by atoms with Crippen LogP contribution < -0.4 is 10.1 Å². The molecular weight excluding hydrogens is 306 g/mol. The Bertz CT molecular complexity index is 505. The maximum atomic E-state index is 12.2. The summed E-state index contributed by atoms with van der Waals surface area (Å²) < 4.78 is 10.3. The number of halogens is 1. The molecule has 1 rings (SSSR count). The zero-order valence-electron chi connectivity index (χ0n) is 13.0. The van der Waals surface area contributed by atoms with Gasteiger partial charge in [0, 0.05) is 37.6 Å². The van der Waals surface area contributed by atoms with Crippen LogP contribution in [0.5, 0.6) is 5.75 Å². The number of hydrogen-bond acceptors (Lipinski definition) is 4. The molecule has 122 valence electrons. The van der Waals surface area contributed by atoms with Gasteiger partial charge in [-0.25, -0.2) is 0 Å². The van der Waals surface area contributed by atoms with Crippen molar-refractivity contribution in [3.05, 3.63) is 28.8 Å². The number of Topliss-reactive ketones (excluding diaryl/α,β-unsaturated/α-hetero) is 1. The van der Waals surface area contributed by atoms with E-state index in [1.807, 2.05) is 6.92 Å². The highest BCUT2D eigenvalue weighted by Crippen LogP contribution is 2.24. The molecule has 0 aliphatic heterocycles. The number of hydrogen-bond donors (Lipinski definition) is 1. The van der Waals surface area contributed by atoms with Crippen molar-refractivity contribution >= 4 is 23.3 Å². The number of benzene rings is 1. The molecule has 6 heteroatoms. The van der Waals surface area contributed by atoms with E-state index in [1.54, 1.807) is 18.2 Å². The van der Waals surface area contributed by atoms with E-state index in [4.69, 9.17) is 21.1 Å². The van der Waals surface area contributed by atoms with Gasteiger partial charge < -0.3 is 14.8 Å². The molecule has 0 spiro atoms. The Labute approximate surface area is 135 Å². The molecule has 0 saturated carbocycles. The number of methoxy groups -OCH3 is 1. The molecule has 1 aromatic rings. The first kappa shape index (κ1) is 18.5. The summed E-state index contributed by atoms with van der Waals surface area (Å²) in [5.41, 5.74) is 0.402. The third-order valence-corrected chi connectivity index (χ3v) is 3.27. The molecule has 0 radical (unpaired) electrons. The quantitative estimate of drug-likeness (QED) is 0.530. The third-order valence-electron chi connectivity index (χ3n) is 3.03. The van der Waals surface area contributed by atoms with E-state index in [0.29, 0.717) is 36.1 Å². The first-order valence-corrected chi connectivity index (χ1v) is 7.67. The van der Waals surface area contributed by atoms with Crippen molar-refractivity contribution in [1.82, 2.24) is 5.32 Å². The van der Waals surface area contributed by atoms with Gasteiger partial charge in [-0.15, -0.1) is 0 Å². The van der Waals surface area contributed by atoms with E-state index < -0.39 is 0 Å². The summed E-state index contributed by atoms with van der Waals surface area (Å²) in [6.07, 6.45) is 1.02. The minimum absolute atomic E-state index is 0.119. The lowest BCUT2D eigenvalue weighted by molar-refractivity contribution is -0.121. The fourth-order valence-electron chi connectivity index (χ4n) is 1.89. The topological polar surface area (TPSA) is 64.6 Å². The maximum Gasteiger partial charge on any atom is 0.220 e. The van der Waals surface area contributed by atoms with E-state index in [0.717, 1.165) is 6.42 Å². The Morgan fingerprint density at radius 3 is 2.73 bits per heavy atom. The van der Waals surface area contributed by atoms with Crippen molar-refractivity contribution in [3.8, 4) is 5.75 Å². The maximum absolute atomic E-state index is 12.2. The molecule has 1 N–H and O–H groups in total. The number of carbonyl (C=O) groups excluding carboxylic acids is 2. The molecular formula is C16H22ClNO4. The molecule has 22 heavy (non-hydrogen) atoms. The molecule has 0 atom stereocenters. The predicted octanol–water partition coefficient (Wildman–Crippen LogP) is 2.85. The number of ether oxygens (including phenoxy) is 2. The van der Waals surface area contributed by atoms with Crippen LogP contribution in [0, 0.1) is 0 Å². The summed E-state index contributed by atoms with van der Waals surface area (Å²) in [5.74, 6) is 0.154. The summed E-state index contributed by atoms with van der Waals surface area (Å²) in [5, 5.41) is 3.22. The van der Waals surface area contributed by atoms with Gasteiger partial charge in [-0.05, 0) is 31.5 Å². The highest BCUT2D eigenvalue weighted by atomic mass is 35.5. The molecule has 0 bridgehead atoms. The van der Waals surface area contributed by atoms with E-state index in [9.17, 15) is 9.59 Å². The molecule has 1 amide bonds. The van der Waals surface area contributed by atoms with Crippen molar-refractivity contribution in [2.45, 2.75) is 26.2 Å². The Morgan fingerprint density at radius 2 is 2.05 bits per heavy atom. The largest absolute Gasteiger partial charge is 0.496 e. The van der Waals surface area contributed by atoms with Crippen molar-refractivity contribution in [2.75, 3.05) is 26.9 Å². The second kappa shape index (κ2) is 10.2. The summed E-state index contributed by atoms with van der Waals surface area (Å²) in [4.78, 5) is 23.8. The van der Waals surface area contributed by atoms with Gasteiger partial charge in [0.25, 0.3) is 0 Å². The second-order valence-corrected chi connectivity index (χ2v) is 5.10. The highest BCUT2D eigenvalue weighted by molar-refractivity contribution is 6.31. The molecule has 0 aromatic heterocycles. The number of nitrogens with one attached hydrogen (secondary N) is 1. The number of carbonyl (C=O) groups is 2.